The molecular formula is C13H25NO2. The van der Waals surface area contributed by atoms with Crippen LogP contribution in [0.5, 0.6) is 0 Å². The third-order valence-corrected chi connectivity index (χ3v) is 4.35. The third kappa shape index (κ3) is 2.76. The van der Waals surface area contributed by atoms with Crippen molar-refractivity contribution in [3.8, 4) is 0 Å². The maximum Gasteiger partial charge on any atom is 0.0700 e. The van der Waals surface area contributed by atoms with Crippen molar-refractivity contribution in [2.45, 2.75) is 32.1 Å². The molecule has 0 unspecified atom stereocenters. The van der Waals surface area contributed by atoms with Crippen molar-refractivity contribution in [1.29, 1.82) is 0 Å². The average Bonchev–Trinajstić information content (AvgIpc) is 2.74. The fraction of sp³-hybridized carbons (Fsp3) is 1.00. The van der Waals surface area contributed by atoms with Crippen LogP contribution in [0.1, 0.15) is 32.1 Å². The van der Waals surface area contributed by atoms with Crippen molar-refractivity contribution in [3.63, 3.8) is 0 Å². The number of hydrogen-bond acceptors (Lipinski definition) is 3. The van der Waals surface area contributed by atoms with Crippen LogP contribution in [0, 0.1) is 11.3 Å². The van der Waals surface area contributed by atoms with Gasteiger partial charge in [0.05, 0.1) is 13.2 Å². The molecule has 3 nitrogen and oxygen atoms in total. The predicted molar refractivity (Wildman–Crippen MR) is 64.6 cm³/mol. The summed E-state index contributed by atoms with van der Waals surface area (Å²) in [6.45, 7) is 4.79. The fourth-order valence-corrected chi connectivity index (χ4v) is 3.17. The molecule has 0 amide bonds. The van der Waals surface area contributed by atoms with E-state index in [4.69, 9.17) is 9.47 Å². The largest absolute Gasteiger partial charge is 0.382 e. The molecule has 1 aliphatic carbocycles. The van der Waals surface area contributed by atoms with Gasteiger partial charge in [-0.25, -0.2) is 0 Å². The molecule has 94 valence electrons. The molecule has 0 aromatic carbocycles. The minimum atomic E-state index is 0.573. The Bertz CT molecular complexity index is 198. The van der Waals surface area contributed by atoms with E-state index in [-0.39, 0.29) is 0 Å². The lowest BCUT2D eigenvalue weighted by Gasteiger charge is -2.47. The Kier molecular flexibility index (Phi) is 4.62. The molecule has 1 saturated heterocycles. The summed E-state index contributed by atoms with van der Waals surface area (Å²) in [4.78, 5) is 0. The van der Waals surface area contributed by atoms with Gasteiger partial charge in [0.2, 0.25) is 0 Å². The normalized spacial score (nSPS) is 24.6. The van der Waals surface area contributed by atoms with E-state index in [9.17, 15) is 0 Å². The lowest BCUT2D eigenvalue weighted by atomic mass is 9.68. The second kappa shape index (κ2) is 5.99. The number of nitrogens with one attached hydrogen (secondary N) is 1. The van der Waals surface area contributed by atoms with Crippen LogP contribution in [0.25, 0.3) is 0 Å². The molecule has 2 aliphatic rings. The molecule has 1 saturated carbocycles. The third-order valence-electron chi connectivity index (χ3n) is 4.35. The van der Waals surface area contributed by atoms with Gasteiger partial charge < -0.3 is 14.8 Å². The van der Waals surface area contributed by atoms with Gasteiger partial charge in [0.15, 0.2) is 0 Å². The molecule has 16 heavy (non-hydrogen) atoms. The summed E-state index contributed by atoms with van der Waals surface area (Å²) in [6, 6.07) is 0. The quantitative estimate of drug-likeness (QED) is 0.673. The summed E-state index contributed by atoms with van der Waals surface area (Å²) in [7, 11) is 1.72. The van der Waals surface area contributed by atoms with Gasteiger partial charge in [-0.1, -0.05) is 12.8 Å². The summed E-state index contributed by atoms with van der Waals surface area (Å²) in [5, 5.41) is 3.45. The van der Waals surface area contributed by atoms with Crippen LogP contribution in [-0.2, 0) is 9.47 Å². The molecule has 3 heteroatoms. The van der Waals surface area contributed by atoms with Gasteiger partial charge in [0.25, 0.3) is 0 Å². The second-order valence-electron chi connectivity index (χ2n) is 5.30. The van der Waals surface area contributed by atoms with Crippen molar-refractivity contribution in [1.82, 2.24) is 5.32 Å². The molecule has 0 aromatic heterocycles. The van der Waals surface area contributed by atoms with Crippen LogP contribution < -0.4 is 5.32 Å². The van der Waals surface area contributed by atoms with Crippen LogP contribution >= 0.6 is 0 Å². The zero-order valence-electron chi connectivity index (χ0n) is 10.5. The Morgan fingerprint density at radius 3 is 2.44 bits per heavy atom. The highest BCUT2D eigenvalue weighted by Gasteiger charge is 2.44. The lowest BCUT2D eigenvalue weighted by molar-refractivity contribution is 0.0100. The van der Waals surface area contributed by atoms with E-state index in [0.717, 1.165) is 19.1 Å². The molecule has 0 spiro atoms. The molecule has 0 bridgehead atoms. The summed E-state index contributed by atoms with van der Waals surface area (Å²) in [6.07, 6.45) is 7.00. The van der Waals surface area contributed by atoms with Crippen LogP contribution in [0.2, 0.25) is 0 Å². The van der Waals surface area contributed by atoms with Gasteiger partial charge in [-0.3, -0.25) is 0 Å². The van der Waals surface area contributed by atoms with Crippen molar-refractivity contribution in [2.24, 2.45) is 11.3 Å². The number of ether oxygens (including phenoxy) is 2. The van der Waals surface area contributed by atoms with E-state index >= 15 is 0 Å². The van der Waals surface area contributed by atoms with E-state index in [0.29, 0.717) is 12.0 Å². The van der Waals surface area contributed by atoms with E-state index in [1.807, 2.05) is 0 Å². The van der Waals surface area contributed by atoms with Crippen molar-refractivity contribution in [3.05, 3.63) is 0 Å². The fourth-order valence-electron chi connectivity index (χ4n) is 3.17. The van der Waals surface area contributed by atoms with E-state index < -0.39 is 0 Å². The summed E-state index contributed by atoms with van der Waals surface area (Å²) >= 11 is 0. The molecule has 2 rings (SSSR count). The molecule has 1 aliphatic heterocycles. The van der Waals surface area contributed by atoms with Gasteiger partial charge in [0, 0.05) is 32.2 Å². The van der Waals surface area contributed by atoms with E-state index in [1.165, 1.54) is 45.2 Å². The Hall–Kier alpha value is -0.120. The van der Waals surface area contributed by atoms with Crippen LogP contribution in [0.4, 0.5) is 0 Å². The average molecular weight is 227 g/mol. The van der Waals surface area contributed by atoms with E-state index in [1.54, 1.807) is 7.11 Å². The molecule has 0 aromatic rings. The Morgan fingerprint density at radius 1 is 1.12 bits per heavy atom. The van der Waals surface area contributed by atoms with Crippen molar-refractivity contribution < 1.29 is 9.47 Å². The monoisotopic (exact) mass is 227 g/mol. The molecular weight excluding hydrogens is 202 g/mol. The van der Waals surface area contributed by atoms with Crippen LogP contribution in [0.3, 0.4) is 0 Å². The Morgan fingerprint density at radius 2 is 1.88 bits per heavy atom. The smallest absolute Gasteiger partial charge is 0.0700 e. The first-order chi connectivity index (χ1) is 7.87. The topological polar surface area (TPSA) is 30.5 Å². The maximum absolute atomic E-state index is 5.61. The number of rotatable bonds is 7. The first-order valence-corrected chi connectivity index (χ1v) is 6.65. The number of methoxy groups -OCH3 is 1. The van der Waals surface area contributed by atoms with Gasteiger partial charge in [-0.15, -0.1) is 0 Å². The molecule has 1 heterocycles. The molecule has 0 radical (unpaired) electrons. The molecule has 1 N–H and O–H groups in total. The zero-order chi connectivity index (χ0) is 11.3. The standard InChI is InChI=1S/C13H25NO2/c1-15-8-9-16-7-6-13(10-14-11-13)12-4-2-3-5-12/h12,14H,2-11H2,1H3. The highest BCUT2D eigenvalue weighted by atomic mass is 16.5. The van der Waals surface area contributed by atoms with Gasteiger partial charge in [-0.05, 0) is 25.2 Å². The van der Waals surface area contributed by atoms with Gasteiger partial charge >= 0.3 is 0 Å². The summed E-state index contributed by atoms with van der Waals surface area (Å²) in [5.74, 6) is 0.958. The highest BCUT2D eigenvalue weighted by molar-refractivity contribution is 4.98. The first-order valence-electron chi connectivity index (χ1n) is 6.65. The van der Waals surface area contributed by atoms with Crippen molar-refractivity contribution in [2.75, 3.05) is 40.0 Å². The van der Waals surface area contributed by atoms with E-state index in [2.05, 4.69) is 5.32 Å². The summed E-state index contributed by atoms with van der Waals surface area (Å²) in [5.41, 5.74) is 0.573. The maximum atomic E-state index is 5.61. The Balaban J connectivity index is 1.68. The zero-order valence-corrected chi connectivity index (χ0v) is 10.5. The first kappa shape index (κ1) is 12.3. The van der Waals surface area contributed by atoms with Crippen LogP contribution in [0.15, 0.2) is 0 Å². The molecule has 2 fully saturated rings. The van der Waals surface area contributed by atoms with Gasteiger partial charge in [0.1, 0.15) is 0 Å². The minimum Gasteiger partial charge on any atom is -0.382 e. The SMILES string of the molecule is COCCOCCC1(C2CCCC2)CNC1. The second-order valence-corrected chi connectivity index (χ2v) is 5.30. The minimum absolute atomic E-state index is 0.573. The molecule has 0 atom stereocenters. The van der Waals surface area contributed by atoms with Gasteiger partial charge in [-0.2, -0.15) is 0 Å². The summed E-state index contributed by atoms with van der Waals surface area (Å²) < 4.78 is 10.6. The predicted octanol–water partition coefficient (Wildman–Crippen LogP) is 1.82. The lowest BCUT2D eigenvalue weighted by Crippen LogP contribution is -2.57. The Labute approximate surface area is 98.9 Å². The van der Waals surface area contributed by atoms with Crippen molar-refractivity contribution >= 4 is 0 Å². The number of hydrogen-bond donors (Lipinski definition) is 1. The van der Waals surface area contributed by atoms with Crippen LogP contribution in [-0.4, -0.2) is 40.0 Å². The highest BCUT2D eigenvalue weighted by Crippen LogP contribution is 2.44.